The van der Waals surface area contributed by atoms with Crippen molar-refractivity contribution in [2.45, 2.75) is 0 Å². The van der Waals surface area contributed by atoms with Gasteiger partial charge in [0.25, 0.3) is 0 Å². The predicted molar refractivity (Wildman–Crippen MR) is 157 cm³/mol. The lowest BCUT2D eigenvalue weighted by molar-refractivity contribution is 0.670. The Morgan fingerprint density at radius 3 is 1.54 bits per heavy atom. The van der Waals surface area contributed by atoms with E-state index in [2.05, 4.69) is 127 Å². The SMILES string of the molecule is c1ccc(-c2c3ccccc3c(-c3c4ccccc4cc4c3oc3ccccc34)c3ccccc23)cc1. The van der Waals surface area contributed by atoms with Crippen LogP contribution in [0.1, 0.15) is 0 Å². The van der Waals surface area contributed by atoms with Crippen LogP contribution in [0.5, 0.6) is 0 Å². The molecule has 0 aliphatic heterocycles. The van der Waals surface area contributed by atoms with E-state index in [1.54, 1.807) is 0 Å². The Bertz CT molecular complexity index is 2070. The summed E-state index contributed by atoms with van der Waals surface area (Å²) in [5.41, 5.74) is 6.76. The van der Waals surface area contributed by atoms with Gasteiger partial charge in [0.2, 0.25) is 0 Å². The summed E-state index contributed by atoms with van der Waals surface area (Å²) in [6.45, 7) is 0. The van der Waals surface area contributed by atoms with Gasteiger partial charge in [0.05, 0.1) is 0 Å². The maximum Gasteiger partial charge on any atom is 0.143 e. The van der Waals surface area contributed by atoms with Crippen LogP contribution in [-0.2, 0) is 0 Å². The van der Waals surface area contributed by atoms with Crippen LogP contribution in [-0.4, -0.2) is 0 Å². The zero-order chi connectivity index (χ0) is 24.3. The van der Waals surface area contributed by atoms with E-state index in [1.807, 2.05) is 6.07 Å². The van der Waals surface area contributed by atoms with E-state index >= 15 is 0 Å². The summed E-state index contributed by atoms with van der Waals surface area (Å²) in [5, 5.41) is 9.70. The average molecular weight is 471 g/mol. The lowest BCUT2D eigenvalue weighted by atomic mass is 9.84. The van der Waals surface area contributed by atoms with Gasteiger partial charge in [-0.05, 0) is 55.6 Å². The molecule has 0 saturated heterocycles. The molecule has 0 aliphatic rings. The highest BCUT2D eigenvalue weighted by Crippen LogP contribution is 2.48. The Morgan fingerprint density at radius 2 is 0.865 bits per heavy atom. The van der Waals surface area contributed by atoms with Gasteiger partial charge in [-0.1, -0.05) is 121 Å². The molecule has 1 heterocycles. The summed E-state index contributed by atoms with van der Waals surface area (Å²) in [6.07, 6.45) is 0. The van der Waals surface area contributed by atoms with Crippen LogP contribution in [0.4, 0.5) is 0 Å². The molecule has 0 saturated carbocycles. The van der Waals surface area contributed by atoms with Crippen molar-refractivity contribution in [3.63, 3.8) is 0 Å². The molecule has 0 aliphatic carbocycles. The first-order valence-electron chi connectivity index (χ1n) is 12.7. The van der Waals surface area contributed by atoms with Gasteiger partial charge in [-0.3, -0.25) is 0 Å². The molecule has 1 aromatic heterocycles. The van der Waals surface area contributed by atoms with Crippen molar-refractivity contribution >= 4 is 54.3 Å². The van der Waals surface area contributed by atoms with Gasteiger partial charge in [0.1, 0.15) is 11.2 Å². The van der Waals surface area contributed by atoms with Crippen LogP contribution < -0.4 is 0 Å². The van der Waals surface area contributed by atoms with Crippen LogP contribution in [0.15, 0.2) is 138 Å². The van der Waals surface area contributed by atoms with Crippen molar-refractivity contribution < 1.29 is 4.42 Å². The van der Waals surface area contributed by atoms with E-state index in [0.717, 1.165) is 27.5 Å². The first-order chi connectivity index (χ1) is 18.4. The zero-order valence-electron chi connectivity index (χ0n) is 20.1. The van der Waals surface area contributed by atoms with Crippen LogP contribution in [0.25, 0.3) is 76.5 Å². The van der Waals surface area contributed by atoms with Gasteiger partial charge in [-0.25, -0.2) is 0 Å². The number of para-hydroxylation sites is 1. The predicted octanol–water partition coefficient (Wildman–Crippen LogP) is 10.4. The van der Waals surface area contributed by atoms with E-state index < -0.39 is 0 Å². The van der Waals surface area contributed by atoms with Gasteiger partial charge >= 0.3 is 0 Å². The fourth-order valence-electron chi connectivity index (χ4n) is 6.08. The summed E-state index contributed by atoms with van der Waals surface area (Å²) in [5.74, 6) is 0. The summed E-state index contributed by atoms with van der Waals surface area (Å²) < 4.78 is 6.66. The van der Waals surface area contributed by atoms with Gasteiger partial charge in [-0.2, -0.15) is 0 Å². The Balaban J connectivity index is 1.65. The summed E-state index contributed by atoms with van der Waals surface area (Å²) >= 11 is 0. The quantitative estimate of drug-likeness (QED) is 0.229. The van der Waals surface area contributed by atoms with Crippen molar-refractivity contribution in [2.24, 2.45) is 0 Å². The molecule has 0 unspecified atom stereocenters. The molecule has 172 valence electrons. The van der Waals surface area contributed by atoms with E-state index in [0.29, 0.717) is 0 Å². The van der Waals surface area contributed by atoms with Crippen LogP contribution in [0.3, 0.4) is 0 Å². The highest BCUT2D eigenvalue weighted by molar-refractivity contribution is 6.28. The third-order valence-corrected chi connectivity index (χ3v) is 7.63. The molecule has 7 aromatic carbocycles. The van der Waals surface area contributed by atoms with Gasteiger partial charge in [-0.15, -0.1) is 0 Å². The van der Waals surface area contributed by atoms with Crippen LogP contribution in [0, 0.1) is 0 Å². The van der Waals surface area contributed by atoms with Crippen molar-refractivity contribution in [3.8, 4) is 22.3 Å². The monoisotopic (exact) mass is 470 g/mol. The fourth-order valence-corrected chi connectivity index (χ4v) is 6.08. The highest BCUT2D eigenvalue weighted by Gasteiger charge is 2.22. The highest BCUT2D eigenvalue weighted by atomic mass is 16.3. The lowest BCUT2D eigenvalue weighted by Crippen LogP contribution is -1.92. The molecule has 0 amide bonds. The molecule has 0 fully saturated rings. The molecule has 0 radical (unpaired) electrons. The third-order valence-electron chi connectivity index (χ3n) is 7.63. The van der Waals surface area contributed by atoms with Crippen molar-refractivity contribution in [1.29, 1.82) is 0 Å². The Hall–Kier alpha value is -4.88. The number of furan rings is 1. The van der Waals surface area contributed by atoms with E-state index in [1.165, 1.54) is 49.0 Å². The van der Waals surface area contributed by atoms with E-state index in [9.17, 15) is 0 Å². The molecular formula is C36H22O. The number of hydrogen-bond donors (Lipinski definition) is 0. The maximum absolute atomic E-state index is 6.66. The molecule has 1 nitrogen and oxygen atoms in total. The minimum absolute atomic E-state index is 0.920. The molecule has 8 aromatic rings. The standard InChI is InChI=1S/C36H22O/c1-2-12-23(13-3-1)33-27-17-6-8-19-29(27)34(30-20-9-7-18-28(30)33)35-25-15-5-4-14-24(25)22-31-26-16-10-11-21-32(26)37-36(31)35/h1-22H. The number of rotatable bonds is 2. The first-order valence-corrected chi connectivity index (χ1v) is 12.7. The van der Waals surface area contributed by atoms with Gasteiger partial charge in [0.15, 0.2) is 0 Å². The summed E-state index contributed by atoms with van der Waals surface area (Å²) in [4.78, 5) is 0. The maximum atomic E-state index is 6.66. The number of fused-ring (bicyclic) bond motifs is 6. The van der Waals surface area contributed by atoms with Crippen LogP contribution >= 0.6 is 0 Å². The third kappa shape index (κ3) is 2.92. The molecule has 0 spiro atoms. The van der Waals surface area contributed by atoms with Gasteiger partial charge < -0.3 is 4.42 Å². The second-order valence-electron chi connectivity index (χ2n) is 9.65. The summed E-state index contributed by atoms with van der Waals surface area (Å²) in [7, 11) is 0. The second kappa shape index (κ2) is 7.81. The molecule has 37 heavy (non-hydrogen) atoms. The summed E-state index contributed by atoms with van der Waals surface area (Å²) in [6, 6.07) is 47.7. The molecule has 0 atom stereocenters. The minimum atomic E-state index is 0.920. The molecular weight excluding hydrogens is 448 g/mol. The Kier molecular flexibility index (Phi) is 4.29. The van der Waals surface area contributed by atoms with Crippen LogP contribution in [0.2, 0.25) is 0 Å². The van der Waals surface area contributed by atoms with E-state index in [-0.39, 0.29) is 0 Å². The van der Waals surface area contributed by atoms with E-state index in [4.69, 9.17) is 4.42 Å². The molecule has 0 N–H and O–H groups in total. The molecule has 8 rings (SSSR count). The smallest absolute Gasteiger partial charge is 0.143 e. The fraction of sp³-hybridized carbons (Fsp3) is 0. The van der Waals surface area contributed by atoms with Gasteiger partial charge in [0, 0.05) is 21.9 Å². The number of benzene rings is 7. The number of hydrogen-bond acceptors (Lipinski definition) is 1. The largest absolute Gasteiger partial charge is 0.455 e. The minimum Gasteiger partial charge on any atom is -0.455 e. The molecule has 1 heteroatoms. The van der Waals surface area contributed by atoms with Crippen molar-refractivity contribution in [1.82, 2.24) is 0 Å². The second-order valence-corrected chi connectivity index (χ2v) is 9.65. The van der Waals surface area contributed by atoms with Crippen molar-refractivity contribution in [2.75, 3.05) is 0 Å². The first kappa shape index (κ1) is 20.3. The van der Waals surface area contributed by atoms with Crippen molar-refractivity contribution in [3.05, 3.63) is 133 Å². The lowest BCUT2D eigenvalue weighted by Gasteiger charge is -2.19. The normalized spacial score (nSPS) is 11.8. The topological polar surface area (TPSA) is 13.1 Å². The Morgan fingerprint density at radius 1 is 0.351 bits per heavy atom. The molecule has 0 bridgehead atoms. The average Bonchev–Trinajstić information content (AvgIpc) is 3.33. The Labute approximate surface area is 214 Å². The zero-order valence-corrected chi connectivity index (χ0v) is 20.1.